The summed E-state index contributed by atoms with van der Waals surface area (Å²) in [6, 6.07) is 11.7. The van der Waals surface area contributed by atoms with Crippen molar-refractivity contribution in [1.82, 2.24) is 9.97 Å². The standard InChI is InChI=1S/C15H21N5S/c1-11(21-2)8-9-17-13-10-14(20-16)19-15(18-13)12-6-4-3-5-7-12/h3-7,10-11H,8-9,16H2,1-2H3,(H2,17,18,19,20). The number of hydrazine groups is 1. The number of rotatable bonds is 7. The SMILES string of the molecule is CSC(C)CCNc1cc(NN)nc(-c2ccccc2)n1. The van der Waals surface area contributed by atoms with Gasteiger partial charge >= 0.3 is 0 Å². The summed E-state index contributed by atoms with van der Waals surface area (Å²) in [7, 11) is 0. The topological polar surface area (TPSA) is 75.9 Å². The van der Waals surface area contributed by atoms with Gasteiger partial charge in [-0.05, 0) is 12.7 Å². The highest BCUT2D eigenvalue weighted by Gasteiger charge is 2.06. The van der Waals surface area contributed by atoms with Crippen molar-refractivity contribution in [2.24, 2.45) is 5.84 Å². The molecule has 2 aromatic rings. The second-order valence-corrected chi connectivity index (χ2v) is 6.01. The molecule has 0 fully saturated rings. The maximum atomic E-state index is 5.49. The van der Waals surface area contributed by atoms with Gasteiger partial charge in [-0.1, -0.05) is 37.3 Å². The Kier molecular flexibility index (Phi) is 5.83. The van der Waals surface area contributed by atoms with Crippen LogP contribution in [-0.4, -0.2) is 28.0 Å². The summed E-state index contributed by atoms with van der Waals surface area (Å²) in [6.45, 7) is 3.09. The minimum absolute atomic E-state index is 0.601. The maximum Gasteiger partial charge on any atom is 0.163 e. The van der Waals surface area contributed by atoms with E-state index in [0.717, 1.165) is 24.3 Å². The van der Waals surface area contributed by atoms with Crippen LogP contribution in [0, 0.1) is 0 Å². The second kappa shape index (κ2) is 7.85. The minimum Gasteiger partial charge on any atom is -0.370 e. The van der Waals surface area contributed by atoms with Crippen LogP contribution in [0.15, 0.2) is 36.4 Å². The zero-order chi connectivity index (χ0) is 15.1. The molecule has 21 heavy (non-hydrogen) atoms. The van der Waals surface area contributed by atoms with E-state index >= 15 is 0 Å². The molecule has 1 unspecified atom stereocenters. The largest absolute Gasteiger partial charge is 0.370 e. The highest BCUT2D eigenvalue weighted by atomic mass is 32.2. The molecular formula is C15H21N5S. The van der Waals surface area contributed by atoms with Crippen molar-refractivity contribution >= 4 is 23.4 Å². The number of nitrogens with one attached hydrogen (secondary N) is 2. The molecule has 112 valence electrons. The number of nitrogens with zero attached hydrogens (tertiary/aromatic N) is 2. The first-order valence-electron chi connectivity index (χ1n) is 6.90. The molecule has 1 aromatic heterocycles. The summed E-state index contributed by atoms with van der Waals surface area (Å²) in [4.78, 5) is 8.94. The molecule has 1 atom stereocenters. The van der Waals surface area contributed by atoms with Crippen LogP contribution in [0.2, 0.25) is 0 Å². The fourth-order valence-corrected chi connectivity index (χ4v) is 2.20. The minimum atomic E-state index is 0.601. The fraction of sp³-hybridized carbons (Fsp3) is 0.333. The molecule has 0 saturated heterocycles. The van der Waals surface area contributed by atoms with Crippen LogP contribution in [0.4, 0.5) is 11.6 Å². The predicted molar refractivity (Wildman–Crippen MR) is 91.4 cm³/mol. The molecule has 0 bridgehead atoms. The van der Waals surface area contributed by atoms with Gasteiger partial charge < -0.3 is 10.7 Å². The van der Waals surface area contributed by atoms with Gasteiger partial charge in [0.1, 0.15) is 11.6 Å². The molecule has 1 heterocycles. The van der Waals surface area contributed by atoms with Gasteiger partial charge in [0, 0.05) is 23.4 Å². The molecule has 1 aromatic carbocycles. The zero-order valence-electron chi connectivity index (χ0n) is 12.3. The Labute approximate surface area is 129 Å². The summed E-state index contributed by atoms with van der Waals surface area (Å²) in [5.41, 5.74) is 3.56. The lowest BCUT2D eigenvalue weighted by molar-refractivity contribution is 0.849. The predicted octanol–water partition coefficient (Wildman–Crippen LogP) is 2.98. The van der Waals surface area contributed by atoms with E-state index in [4.69, 9.17) is 5.84 Å². The van der Waals surface area contributed by atoms with Crippen LogP contribution < -0.4 is 16.6 Å². The third kappa shape index (κ3) is 4.61. The highest BCUT2D eigenvalue weighted by Crippen LogP contribution is 2.20. The third-order valence-corrected chi connectivity index (χ3v) is 4.21. The molecular weight excluding hydrogens is 282 g/mol. The number of nitrogens with two attached hydrogens (primary N) is 1. The Morgan fingerprint density at radius 2 is 1.90 bits per heavy atom. The van der Waals surface area contributed by atoms with Crippen LogP contribution in [0.1, 0.15) is 13.3 Å². The van der Waals surface area contributed by atoms with Gasteiger partial charge in [-0.25, -0.2) is 15.8 Å². The lowest BCUT2D eigenvalue weighted by Crippen LogP contribution is -2.13. The van der Waals surface area contributed by atoms with Crippen molar-refractivity contribution in [1.29, 1.82) is 0 Å². The summed E-state index contributed by atoms with van der Waals surface area (Å²) in [5.74, 6) is 7.54. The first-order chi connectivity index (χ1) is 10.2. The number of aromatic nitrogens is 2. The Balaban J connectivity index is 2.14. The summed E-state index contributed by atoms with van der Waals surface area (Å²) in [5, 5.41) is 3.96. The molecule has 0 aliphatic rings. The van der Waals surface area contributed by atoms with E-state index in [-0.39, 0.29) is 0 Å². The fourth-order valence-electron chi connectivity index (χ4n) is 1.85. The lowest BCUT2D eigenvalue weighted by Gasteiger charge is -2.11. The molecule has 0 aliphatic carbocycles. The monoisotopic (exact) mass is 303 g/mol. The van der Waals surface area contributed by atoms with Crippen molar-refractivity contribution in [3.8, 4) is 11.4 Å². The van der Waals surface area contributed by atoms with E-state index in [0.29, 0.717) is 16.9 Å². The van der Waals surface area contributed by atoms with Gasteiger partial charge in [-0.15, -0.1) is 0 Å². The van der Waals surface area contributed by atoms with Crippen molar-refractivity contribution in [3.63, 3.8) is 0 Å². The summed E-state index contributed by atoms with van der Waals surface area (Å²) in [6.07, 6.45) is 3.20. The molecule has 0 saturated carbocycles. The Morgan fingerprint density at radius 3 is 2.57 bits per heavy atom. The number of hydrogen-bond donors (Lipinski definition) is 3. The van der Waals surface area contributed by atoms with Crippen molar-refractivity contribution < 1.29 is 0 Å². The van der Waals surface area contributed by atoms with Crippen LogP contribution in [0.3, 0.4) is 0 Å². The molecule has 0 amide bonds. The Morgan fingerprint density at radius 1 is 1.19 bits per heavy atom. The number of thioether (sulfide) groups is 1. The van der Waals surface area contributed by atoms with E-state index in [1.807, 2.05) is 48.2 Å². The molecule has 4 N–H and O–H groups in total. The van der Waals surface area contributed by atoms with Crippen LogP contribution in [-0.2, 0) is 0 Å². The van der Waals surface area contributed by atoms with E-state index in [2.05, 4.69) is 33.9 Å². The van der Waals surface area contributed by atoms with E-state index in [1.165, 1.54) is 0 Å². The molecule has 6 heteroatoms. The van der Waals surface area contributed by atoms with Gasteiger partial charge in [-0.3, -0.25) is 0 Å². The first kappa shape index (κ1) is 15.6. The van der Waals surface area contributed by atoms with Gasteiger partial charge in [0.25, 0.3) is 0 Å². The smallest absolute Gasteiger partial charge is 0.163 e. The Bertz CT molecular complexity index is 561. The quantitative estimate of drug-likeness (QED) is 0.539. The summed E-state index contributed by atoms with van der Waals surface area (Å²) < 4.78 is 0. The molecule has 0 radical (unpaired) electrons. The number of nitrogen functional groups attached to an aromatic ring is 1. The van der Waals surface area contributed by atoms with E-state index < -0.39 is 0 Å². The summed E-state index contributed by atoms with van der Waals surface area (Å²) >= 11 is 1.86. The van der Waals surface area contributed by atoms with E-state index in [9.17, 15) is 0 Å². The molecule has 5 nitrogen and oxygen atoms in total. The van der Waals surface area contributed by atoms with Gasteiger partial charge in [0.15, 0.2) is 5.82 Å². The number of hydrogen-bond acceptors (Lipinski definition) is 6. The lowest BCUT2D eigenvalue weighted by atomic mass is 10.2. The number of benzene rings is 1. The average Bonchev–Trinajstić information content (AvgIpc) is 2.55. The van der Waals surface area contributed by atoms with E-state index in [1.54, 1.807) is 0 Å². The van der Waals surface area contributed by atoms with Crippen LogP contribution in [0.25, 0.3) is 11.4 Å². The van der Waals surface area contributed by atoms with Crippen molar-refractivity contribution in [2.75, 3.05) is 23.5 Å². The van der Waals surface area contributed by atoms with Gasteiger partial charge in [-0.2, -0.15) is 11.8 Å². The van der Waals surface area contributed by atoms with Gasteiger partial charge in [0.2, 0.25) is 0 Å². The average molecular weight is 303 g/mol. The van der Waals surface area contributed by atoms with Crippen LogP contribution in [0.5, 0.6) is 0 Å². The maximum absolute atomic E-state index is 5.49. The normalized spacial score (nSPS) is 12.0. The van der Waals surface area contributed by atoms with Gasteiger partial charge in [0.05, 0.1) is 0 Å². The molecule has 0 aliphatic heterocycles. The highest BCUT2D eigenvalue weighted by molar-refractivity contribution is 7.99. The molecule has 2 rings (SSSR count). The molecule has 0 spiro atoms. The zero-order valence-corrected chi connectivity index (χ0v) is 13.2. The van der Waals surface area contributed by atoms with Crippen LogP contribution >= 0.6 is 11.8 Å². The second-order valence-electron chi connectivity index (χ2n) is 4.73. The number of anilines is 2. The first-order valence-corrected chi connectivity index (χ1v) is 8.19. The Hall–Kier alpha value is -1.79. The third-order valence-electron chi connectivity index (χ3n) is 3.17. The van der Waals surface area contributed by atoms with Crippen molar-refractivity contribution in [3.05, 3.63) is 36.4 Å². The van der Waals surface area contributed by atoms with Crippen molar-refractivity contribution in [2.45, 2.75) is 18.6 Å².